The van der Waals surface area contributed by atoms with Gasteiger partial charge in [-0.2, -0.15) is 0 Å². The van der Waals surface area contributed by atoms with Crippen molar-refractivity contribution in [2.45, 2.75) is 25.8 Å². The Morgan fingerprint density at radius 1 is 1.24 bits per heavy atom. The van der Waals surface area contributed by atoms with Crippen molar-refractivity contribution < 1.29 is 19.1 Å². The lowest BCUT2D eigenvalue weighted by Crippen LogP contribution is -2.35. The molecule has 21 heavy (non-hydrogen) atoms. The van der Waals surface area contributed by atoms with E-state index in [0.29, 0.717) is 31.3 Å². The summed E-state index contributed by atoms with van der Waals surface area (Å²) in [7, 11) is 0. The number of nitrogens with one attached hydrogen (secondary N) is 1. The van der Waals surface area contributed by atoms with Gasteiger partial charge in [0.1, 0.15) is 19.3 Å². The Hall–Kier alpha value is -2.24. The number of fused-ring (bicyclic) bond motifs is 1. The third kappa shape index (κ3) is 2.66. The van der Waals surface area contributed by atoms with Crippen LogP contribution in [-0.4, -0.2) is 42.5 Å². The van der Waals surface area contributed by atoms with Gasteiger partial charge in [0.25, 0.3) is 5.91 Å². The predicted octanol–water partition coefficient (Wildman–Crippen LogP) is 1.41. The van der Waals surface area contributed by atoms with Gasteiger partial charge >= 0.3 is 0 Å². The van der Waals surface area contributed by atoms with Crippen LogP contribution in [0, 0.1) is 0 Å². The quantitative estimate of drug-likeness (QED) is 0.849. The van der Waals surface area contributed by atoms with Crippen LogP contribution in [-0.2, 0) is 9.59 Å². The van der Waals surface area contributed by atoms with Crippen LogP contribution in [0.1, 0.15) is 19.8 Å². The van der Waals surface area contributed by atoms with Crippen LogP contribution in [0.5, 0.6) is 11.5 Å². The van der Waals surface area contributed by atoms with Crippen LogP contribution >= 0.6 is 0 Å². The molecule has 112 valence electrons. The number of imide groups is 1. The summed E-state index contributed by atoms with van der Waals surface area (Å²) in [5.41, 5.74) is 0.753. The molecule has 1 aromatic carbocycles. The number of ether oxygens (including phenoxy) is 2. The number of nitrogens with zero attached hydrogens (tertiary/aromatic N) is 1. The van der Waals surface area contributed by atoms with E-state index in [4.69, 9.17) is 9.47 Å². The first-order valence-electron chi connectivity index (χ1n) is 7.19. The molecule has 1 fully saturated rings. The lowest BCUT2D eigenvalue weighted by atomic mass is 10.2. The van der Waals surface area contributed by atoms with Gasteiger partial charge < -0.3 is 14.8 Å². The van der Waals surface area contributed by atoms with E-state index in [1.807, 2.05) is 19.1 Å². The molecule has 1 atom stereocenters. The predicted molar refractivity (Wildman–Crippen MR) is 76.5 cm³/mol. The summed E-state index contributed by atoms with van der Waals surface area (Å²) in [5, 5.41) is 3.11. The smallest absolute Gasteiger partial charge is 0.252 e. The molecule has 0 aromatic heterocycles. The number of benzene rings is 1. The van der Waals surface area contributed by atoms with Gasteiger partial charge in [0.05, 0.1) is 6.42 Å². The van der Waals surface area contributed by atoms with E-state index in [0.717, 1.165) is 12.1 Å². The zero-order chi connectivity index (χ0) is 14.8. The van der Waals surface area contributed by atoms with E-state index in [1.54, 1.807) is 6.07 Å². The first-order valence-corrected chi connectivity index (χ1v) is 7.19. The molecule has 3 rings (SSSR count). The van der Waals surface area contributed by atoms with Crippen molar-refractivity contribution in [1.82, 2.24) is 4.90 Å². The zero-order valence-corrected chi connectivity index (χ0v) is 11.9. The highest BCUT2D eigenvalue weighted by atomic mass is 16.6. The van der Waals surface area contributed by atoms with Gasteiger partial charge in [0.2, 0.25) is 5.91 Å². The fraction of sp³-hybridized carbons (Fsp3) is 0.467. The highest BCUT2D eigenvalue weighted by Gasteiger charge is 2.37. The first-order chi connectivity index (χ1) is 10.2. The molecule has 2 heterocycles. The molecule has 6 nitrogen and oxygen atoms in total. The van der Waals surface area contributed by atoms with Gasteiger partial charge in [0.15, 0.2) is 11.5 Å². The van der Waals surface area contributed by atoms with E-state index in [2.05, 4.69) is 5.32 Å². The van der Waals surface area contributed by atoms with Crippen molar-refractivity contribution in [2.75, 3.05) is 25.1 Å². The summed E-state index contributed by atoms with van der Waals surface area (Å²) in [4.78, 5) is 25.3. The Kier molecular flexibility index (Phi) is 3.68. The molecule has 6 heteroatoms. The standard InChI is InChI=1S/C15H18N2O4/c1-2-5-17-14(18)9-11(15(17)19)16-10-3-4-12-13(8-10)21-7-6-20-12/h3-4,8,11,16H,2,5-7,9H2,1H3. The summed E-state index contributed by atoms with van der Waals surface area (Å²) in [6.07, 6.45) is 0.974. The summed E-state index contributed by atoms with van der Waals surface area (Å²) in [5.74, 6) is 1.09. The van der Waals surface area contributed by atoms with Gasteiger partial charge in [-0.25, -0.2) is 0 Å². The van der Waals surface area contributed by atoms with E-state index in [9.17, 15) is 9.59 Å². The van der Waals surface area contributed by atoms with Gasteiger partial charge in [-0.1, -0.05) is 6.92 Å². The maximum atomic E-state index is 12.2. The fourth-order valence-electron chi connectivity index (χ4n) is 2.59. The minimum Gasteiger partial charge on any atom is -0.486 e. The fourth-order valence-corrected chi connectivity index (χ4v) is 2.59. The third-order valence-electron chi connectivity index (χ3n) is 3.57. The van der Waals surface area contributed by atoms with Gasteiger partial charge in [-0.05, 0) is 18.6 Å². The Bertz CT molecular complexity index is 573. The van der Waals surface area contributed by atoms with E-state index >= 15 is 0 Å². The SMILES string of the molecule is CCCN1C(=O)CC(Nc2ccc3c(c2)OCCO3)C1=O. The largest absolute Gasteiger partial charge is 0.486 e. The Labute approximate surface area is 123 Å². The van der Waals surface area contributed by atoms with Crippen molar-refractivity contribution >= 4 is 17.5 Å². The van der Waals surface area contributed by atoms with Crippen LogP contribution in [0.3, 0.4) is 0 Å². The van der Waals surface area contributed by atoms with Gasteiger partial charge in [0, 0.05) is 18.3 Å². The number of anilines is 1. The molecule has 0 bridgehead atoms. The number of amides is 2. The molecular weight excluding hydrogens is 272 g/mol. The molecule has 2 aliphatic heterocycles. The van der Waals surface area contributed by atoms with Crippen LogP contribution in [0.25, 0.3) is 0 Å². The van der Waals surface area contributed by atoms with Crippen LogP contribution in [0.4, 0.5) is 5.69 Å². The number of hydrogen-bond donors (Lipinski definition) is 1. The van der Waals surface area contributed by atoms with Crippen LogP contribution in [0.2, 0.25) is 0 Å². The van der Waals surface area contributed by atoms with E-state index < -0.39 is 6.04 Å². The second kappa shape index (κ2) is 5.63. The highest BCUT2D eigenvalue weighted by molar-refractivity contribution is 6.06. The van der Waals surface area contributed by atoms with Gasteiger partial charge in [-0.15, -0.1) is 0 Å². The number of hydrogen-bond acceptors (Lipinski definition) is 5. The molecule has 0 aliphatic carbocycles. The first kappa shape index (κ1) is 13.7. The Morgan fingerprint density at radius 3 is 2.76 bits per heavy atom. The van der Waals surface area contributed by atoms with Crippen molar-refractivity contribution in [1.29, 1.82) is 0 Å². The molecule has 1 aromatic rings. The van der Waals surface area contributed by atoms with Crippen molar-refractivity contribution in [3.63, 3.8) is 0 Å². The zero-order valence-electron chi connectivity index (χ0n) is 11.9. The second-order valence-electron chi connectivity index (χ2n) is 5.14. The molecule has 0 radical (unpaired) electrons. The molecule has 1 unspecified atom stereocenters. The Balaban J connectivity index is 1.72. The van der Waals surface area contributed by atoms with Crippen molar-refractivity contribution in [3.05, 3.63) is 18.2 Å². The molecule has 0 spiro atoms. The number of rotatable bonds is 4. The highest BCUT2D eigenvalue weighted by Crippen LogP contribution is 2.33. The number of likely N-dealkylation sites (tertiary alicyclic amines) is 1. The average molecular weight is 290 g/mol. The summed E-state index contributed by atoms with van der Waals surface area (Å²) in [6, 6.07) is 4.94. The lowest BCUT2D eigenvalue weighted by molar-refractivity contribution is -0.138. The second-order valence-corrected chi connectivity index (χ2v) is 5.14. The topological polar surface area (TPSA) is 67.9 Å². The molecule has 2 amide bonds. The van der Waals surface area contributed by atoms with E-state index in [1.165, 1.54) is 4.90 Å². The molecule has 1 N–H and O–H groups in total. The normalized spacial score (nSPS) is 20.8. The lowest BCUT2D eigenvalue weighted by Gasteiger charge is -2.20. The summed E-state index contributed by atoms with van der Waals surface area (Å²) >= 11 is 0. The van der Waals surface area contributed by atoms with Crippen LogP contribution in [0.15, 0.2) is 18.2 Å². The third-order valence-corrected chi connectivity index (χ3v) is 3.57. The van der Waals surface area contributed by atoms with Crippen molar-refractivity contribution in [2.24, 2.45) is 0 Å². The van der Waals surface area contributed by atoms with Crippen LogP contribution < -0.4 is 14.8 Å². The summed E-state index contributed by atoms with van der Waals surface area (Å²) < 4.78 is 11.0. The molecule has 0 saturated carbocycles. The molecular formula is C15H18N2O4. The maximum Gasteiger partial charge on any atom is 0.252 e. The van der Waals surface area contributed by atoms with E-state index in [-0.39, 0.29) is 18.2 Å². The minimum absolute atomic E-state index is 0.114. The molecule has 2 aliphatic rings. The summed E-state index contributed by atoms with van der Waals surface area (Å²) in [6.45, 7) is 3.49. The average Bonchev–Trinajstić information content (AvgIpc) is 2.75. The molecule has 1 saturated heterocycles. The minimum atomic E-state index is -0.494. The Morgan fingerprint density at radius 2 is 2.00 bits per heavy atom. The monoisotopic (exact) mass is 290 g/mol. The number of carbonyl (C=O) groups is 2. The van der Waals surface area contributed by atoms with Gasteiger partial charge in [-0.3, -0.25) is 14.5 Å². The maximum absolute atomic E-state index is 12.2. The van der Waals surface area contributed by atoms with Crippen molar-refractivity contribution in [3.8, 4) is 11.5 Å². The number of carbonyl (C=O) groups excluding carboxylic acids is 2.